The highest BCUT2D eigenvalue weighted by Gasteiger charge is 2.36. The van der Waals surface area contributed by atoms with Crippen molar-refractivity contribution >= 4 is 34.7 Å². The molecule has 1 aliphatic heterocycles. The van der Waals surface area contributed by atoms with Gasteiger partial charge in [0.05, 0.1) is 25.4 Å². The van der Waals surface area contributed by atoms with Crippen molar-refractivity contribution in [1.29, 1.82) is 0 Å². The smallest absolute Gasteiger partial charge is 0.322 e. The molecule has 2 aliphatic rings. The number of hydrogen-bond acceptors (Lipinski definition) is 3. The fourth-order valence-corrected chi connectivity index (χ4v) is 7.03. The minimum atomic E-state index is -0.260. The van der Waals surface area contributed by atoms with Crippen LogP contribution < -0.4 is 10.1 Å². The van der Waals surface area contributed by atoms with Gasteiger partial charge in [-0.25, -0.2) is 4.79 Å². The van der Waals surface area contributed by atoms with Crippen LogP contribution in [0.3, 0.4) is 0 Å². The van der Waals surface area contributed by atoms with Crippen molar-refractivity contribution in [2.45, 2.75) is 45.2 Å². The molecule has 0 saturated heterocycles. The maximum absolute atomic E-state index is 14.1. The molecule has 2 aromatic heterocycles. The maximum atomic E-state index is 14.1. The molecule has 1 atom stereocenters. The highest BCUT2D eigenvalue weighted by Crippen LogP contribution is 2.44. The number of benzene rings is 2. The summed E-state index contributed by atoms with van der Waals surface area (Å²) in [5, 5.41) is 5.05. The van der Waals surface area contributed by atoms with Crippen molar-refractivity contribution < 1.29 is 9.53 Å². The number of fused-ring (bicyclic) bond motifs is 5. The summed E-state index contributed by atoms with van der Waals surface area (Å²) in [4.78, 5) is 17.5. The predicted molar refractivity (Wildman–Crippen MR) is 146 cm³/mol. The molecule has 2 amide bonds. The first-order valence-electron chi connectivity index (χ1n) is 12.3. The molecule has 184 valence electrons. The molecule has 0 saturated carbocycles. The molecule has 36 heavy (non-hydrogen) atoms. The number of thiophene rings is 1. The van der Waals surface area contributed by atoms with E-state index in [9.17, 15) is 4.79 Å². The van der Waals surface area contributed by atoms with Crippen LogP contribution in [0.4, 0.5) is 10.5 Å². The Hall–Kier alpha value is -3.22. The van der Waals surface area contributed by atoms with E-state index in [-0.39, 0.29) is 12.1 Å². The number of carbonyl (C=O) groups excluding carboxylic acids is 1. The summed E-state index contributed by atoms with van der Waals surface area (Å²) in [5.74, 6) is 0.793. The van der Waals surface area contributed by atoms with Crippen molar-refractivity contribution in [1.82, 2.24) is 9.47 Å². The Labute approximate surface area is 220 Å². The number of halogens is 1. The molecule has 2 aromatic carbocycles. The van der Waals surface area contributed by atoms with Gasteiger partial charge in [-0.15, -0.1) is 11.3 Å². The number of aryl methyl sites for hydroxylation is 1. The van der Waals surface area contributed by atoms with Crippen LogP contribution in [-0.2, 0) is 19.4 Å². The number of amides is 2. The number of anilines is 1. The molecule has 1 N–H and O–H groups in total. The van der Waals surface area contributed by atoms with Crippen molar-refractivity contribution in [3.63, 3.8) is 0 Å². The Morgan fingerprint density at radius 1 is 1.06 bits per heavy atom. The van der Waals surface area contributed by atoms with E-state index < -0.39 is 0 Å². The topological polar surface area (TPSA) is 46.5 Å². The van der Waals surface area contributed by atoms with Crippen LogP contribution in [0.15, 0.2) is 60.8 Å². The van der Waals surface area contributed by atoms with Crippen molar-refractivity contribution in [3.05, 3.63) is 98.6 Å². The quantitative estimate of drug-likeness (QED) is 0.305. The Balaban J connectivity index is 1.49. The molecule has 0 spiro atoms. The third-order valence-corrected chi connectivity index (χ3v) is 9.12. The van der Waals surface area contributed by atoms with Crippen LogP contribution >= 0.6 is 22.9 Å². The lowest BCUT2D eigenvalue weighted by atomic mass is 9.95. The molecule has 0 radical (unpaired) electrons. The van der Waals surface area contributed by atoms with Gasteiger partial charge in [-0.2, -0.15) is 0 Å². The molecule has 0 unspecified atom stereocenters. The monoisotopic (exact) mass is 517 g/mol. The SMILES string of the molecule is COc1ccc([C@H]2c3cccn3-c3sc4c(c3CN2C(=O)Nc2cccc(Cl)c2C)CCCC4)cc1. The zero-order chi connectivity index (χ0) is 24.8. The van der Waals surface area contributed by atoms with E-state index in [0.717, 1.165) is 41.1 Å². The Kier molecular flexibility index (Phi) is 6.02. The number of hydrogen-bond donors (Lipinski definition) is 1. The van der Waals surface area contributed by atoms with Crippen LogP contribution in [0.1, 0.15) is 51.7 Å². The van der Waals surface area contributed by atoms with Crippen molar-refractivity contribution in [2.24, 2.45) is 0 Å². The first kappa shape index (κ1) is 23.2. The van der Waals surface area contributed by atoms with Gasteiger partial charge in [-0.05, 0) is 85.7 Å². The van der Waals surface area contributed by atoms with E-state index >= 15 is 0 Å². The minimum Gasteiger partial charge on any atom is -0.497 e. The second-order valence-electron chi connectivity index (χ2n) is 9.44. The second-order valence-corrected chi connectivity index (χ2v) is 10.9. The van der Waals surface area contributed by atoms with Gasteiger partial charge in [-0.1, -0.05) is 29.8 Å². The molecule has 1 aliphatic carbocycles. The standard InChI is InChI=1S/C29H28ClN3O2S/c1-18-23(30)8-5-9-24(18)31-29(34)33-17-22-21-7-3-4-11-26(21)36-28(22)32-16-6-10-25(32)27(33)19-12-14-20(35-2)15-13-19/h5-6,8-10,12-16,27H,3-4,7,11,17H2,1-2H3,(H,31,34)/t27-/m0/s1. The summed E-state index contributed by atoms with van der Waals surface area (Å²) in [7, 11) is 1.67. The normalized spacial score (nSPS) is 16.5. The summed E-state index contributed by atoms with van der Waals surface area (Å²) in [6, 6.07) is 17.5. The molecular formula is C29H28ClN3O2S. The maximum Gasteiger partial charge on any atom is 0.322 e. The zero-order valence-corrected chi connectivity index (χ0v) is 22.0. The summed E-state index contributed by atoms with van der Waals surface area (Å²) in [5.41, 5.74) is 6.43. The largest absolute Gasteiger partial charge is 0.497 e. The third-order valence-electron chi connectivity index (χ3n) is 7.38. The molecular weight excluding hydrogens is 490 g/mol. The molecule has 7 heteroatoms. The molecule has 5 nitrogen and oxygen atoms in total. The lowest BCUT2D eigenvalue weighted by Crippen LogP contribution is -2.38. The molecule has 3 heterocycles. The number of ether oxygens (including phenoxy) is 1. The van der Waals surface area contributed by atoms with Crippen LogP contribution in [0.2, 0.25) is 5.02 Å². The lowest BCUT2D eigenvalue weighted by Gasteiger charge is -2.31. The number of carbonyl (C=O) groups is 1. The first-order valence-corrected chi connectivity index (χ1v) is 13.5. The molecule has 4 aromatic rings. The van der Waals surface area contributed by atoms with E-state index in [1.165, 1.54) is 33.8 Å². The van der Waals surface area contributed by atoms with Gasteiger partial charge < -0.3 is 19.5 Å². The summed E-state index contributed by atoms with van der Waals surface area (Å²) >= 11 is 8.26. The molecule has 0 fully saturated rings. The fraction of sp³-hybridized carbons (Fsp3) is 0.276. The van der Waals surface area contributed by atoms with E-state index in [1.807, 2.05) is 53.5 Å². The van der Waals surface area contributed by atoms with Gasteiger partial charge in [0.25, 0.3) is 0 Å². The summed E-state index contributed by atoms with van der Waals surface area (Å²) < 4.78 is 7.70. The van der Waals surface area contributed by atoms with Crippen molar-refractivity contribution in [3.8, 4) is 10.8 Å². The van der Waals surface area contributed by atoms with E-state index in [2.05, 4.69) is 40.3 Å². The Bertz CT molecular complexity index is 1440. The zero-order valence-electron chi connectivity index (χ0n) is 20.4. The second kappa shape index (κ2) is 9.34. The van der Waals surface area contributed by atoms with E-state index in [0.29, 0.717) is 11.6 Å². The van der Waals surface area contributed by atoms with Crippen LogP contribution in [0.5, 0.6) is 5.75 Å². The number of urea groups is 1. The predicted octanol–water partition coefficient (Wildman–Crippen LogP) is 7.53. The Morgan fingerprint density at radius 2 is 1.86 bits per heavy atom. The van der Waals surface area contributed by atoms with Crippen LogP contribution in [0.25, 0.3) is 5.00 Å². The third kappa shape index (κ3) is 3.89. The van der Waals surface area contributed by atoms with Crippen LogP contribution in [-0.4, -0.2) is 22.6 Å². The van der Waals surface area contributed by atoms with Gasteiger partial charge in [-0.3, -0.25) is 0 Å². The van der Waals surface area contributed by atoms with Gasteiger partial charge >= 0.3 is 6.03 Å². The van der Waals surface area contributed by atoms with Gasteiger partial charge in [0.2, 0.25) is 0 Å². The van der Waals surface area contributed by atoms with E-state index in [1.54, 1.807) is 7.11 Å². The molecule has 6 rings (SSSR count). The summed E-state index contributed by atoms with van der Waals surface area (Å²) in [6.45, 7) is 2.48. The Morgan fingerprint density at radius 3 is 2.67 bits per heavy atom. The van der Waals surface area contributed by atoms with Crippen LogP contribution in [0, 0.1) is 6.92 Å². The summed E-state index contributed by atoms with van der Waals surface area (Å²) in [6.07, 6.45) is 6.77. The van der Waals surface area contributed by atoms with Gasteiger partial charge in [0, 0.05) is 27.3 Å². The first-order chi connectivity index (χ1) is 17.5. The van der Waals surface area contributed by atoms with Crippen molar-refractivity contribution in [2.75, 3.05) is 12.4 Å². The van der Waals surface area contributed by atoms with Gasteiger partial charge in [0.1, 0.15) is 10.8 Å². The number of aromatic nitrogens is 1. The highest BCUT2D eigenvalue weighted by atomic mass is 35.5. The molecule has 0 bridgehead atoms. The minimum absolute atomic E-state index is 0.141. The average Bonchev–Trinajstić information content (AvgIpc) is 3.49. The number of methoxy groups -OCH3 is 1. The average molecular weight is 518 g/mol. The number of nitrogens with one attached hydrogen (secondary N) is 1. The number of nitrogens with zero attached hydrogens (tertiary/aromatic N) is 2. The fourth-order valence-electron chi connectivity index (χ4n) is 5.45. The highest BCUT2D eigenvalue weighted by molar-refractivity contribution is 7.15. The number of rotatable bonds is 3. The van der Waals surface area contributed by atoms with E-state index in [4.69, 9.17) is 16.3 Å². The lowest BCUT2D eigenvalue weighted by molar-refractivity contribution is 0.194. The van der Waals surface area contributed by atoms with Gasteiger partial charge in [0.15, 0.2) is 0 Å².